The fraction of sp³-hybridized carbons (Fsp3) is 0.216. The van der Waals surface area contributed by atoms with Crippen molar-refractivity contribution in [2.45, 2.75) is 30.2 Å². The number of nitrogens with one attached hydrogen (secondary N) is 2. The first-order valence-corrected chi connectivity index (χ1v) is 17.1. The number of carbonyl (C=O) groups is 1. The van der Waals surface area contributed by atoms with E-state index in [-0.39, 0.29) is 22.7 Å². The first-order chi connectivity index (χ1) is 22.4. The van der Waals surface area contributed by atoms with Crippen LogP contribution in [-0.4, -0.2) is 40.5 Å². The van der Waals surface area contributed by atoms with Gasteiger partial charge in [0.2, 0.25) is 10.0 Å². The number of hydrogen-bond acceptors (Lipinski definition) is 5. The molecule has 5 aromatic carbocycles. The number of piperazine rings is 1. The SMILES string of the molecule is O=C(Nc1ccc(N2CCN(c3ccccc3F)CC2)c(S(=O)(=O)N[C@H]2CCCc3ccccc32)c1)c1cccc2ccccc12. The summed E-state index contributed by atoms with van der Waals surface area (Å²) in [5.41, 5.74) is 4.13. The van der Waals surface area contributed by atoms with Crippen LogP contribution in [0.1, 0.15) is 40.4 Å². The molecular weight excluding hydrogens is 599 g/mol. The molecule has 0 aromatic heterocycles. The molecule has 9 heteroatoms. The van der Waals surface area contributed by atoms with E-state index < -0.39 is 10.0 Å². The Balaban J connectivity index is 1.21. The molecule has 5 aromatic rings. The number of hydrogen-bond donors (Lipinski definition) is 2. The van der Waals surface area contributed by atoms with Gasteiger partial charge in [0, 0.05) is 43.5 Å². The van der Waals surface area contributed by atoms with Crippen LogP contribution in [-0.2, 0) is 16.4 Å². The Hall–Kier alpha value is -4.73. The molecule has 1 aliphatic heterocycles. The standard InChI is InChI=1S/C37H35FN4O3S/c38-32-16-5-6-18-34(32)41-21-23-42(24-22-41)35-20-19-28(39-37(43)31-15-7-11-26-9-1-3-13-29(26)31)25-36(35)46(44,45)40-33-17-8-12-27-10-2-4-14-30(27)33/h1-7,9-11,13-16,18-20,25,33,40H,8,12,17,21-24H2,(H,39,43)/t33-/m0/s1. The Morgan fingerprint density at radius 2 is 1.46 bits per heavy atom. The molecule has 0 saturated carbocycles. The monoisotopic (exact) mass is 634 g/mol. The number of benzene rings is 5. The Morgan fingerprint density at radius 1 is 0.761 bits per heavy atom. The normalized spacial score (nSPS) is 16.7. The van der Waals surface area contributed by atoms with Gasteiger partial charge in [-0.15, -0.1) is 0 Å². The predicted octanol–water partition coefficient (Wildman–Crippen LogP) is 6.91. The second-order valence-corrected chi connectivity index (χ2v) is 13.5. The van der Waals surface area contributed by atoms with Gasteiger partial charge in [-0.05, 0) is 77.6 Å². The van der Waals surface area contributed by atoms with E-state index in [9.17, 15) is 17.6 Å². The summed E-state index contributed by atoms with van der Waals surface area (Å²) in [6, 6.07) is 32.6. The number of carbonyl (C=O) groups excluding carboxylic acids is 1. The maximum Gasteiger partial charge on any atom is 0.256 e. The van der Waals surface area contributed by atoms with E-state index in [2.05, 4.69) is 16.1 Å². The lowest BCUT2D eigenvalue weighted by atomic mass is 9.88. The lowest BCUT2D eigenvalue weighted by Crippen LogP contribution is -2.47. The van der Waals surface area contributed by atoms with Gasteiger partial charge in [-0.25, -0.2) is 17.5 Å². The average Bonchev–Trinajstić information content (AvgIpc) is 3.08. The molecule has 1 aliphatic carbocycles. The molecule has 1 saturated heterocycles. The lowest BCUT2D eigenvalue weighted by Gasteiger charge is -2.38. The summed E-state index contributed by atoms with van der Waals surface area (Å²) >= 11 is 0. The van der Waals surface area contributed by atoms with E-state index in [4.69, 9.17) is 0 Å². The molecule has 7 nitrogen and oxygen atoms in total. The Kier molecular flexibility index (Phi) is 8.19. The van der Waals surface area contributed by atoms with Gasteiger partial charge in [-0.2, -0.15) is 0 Å². The summed E-state index contributed by atoms with van der Waals surface area (Å²) in [6.45, 7) is 2.07. The molecule has 234 valence electrons. The third kappa shape index (κ3) is 5.96. The molecule has 0 bridgehead atoms. The van der Waals surface area contributed by atoms with Crippen LogP contribution in [0.5, 0.6) is 0 Å². The fourth-order valence-corrected chi connectivity index (χ4v) is 8.21. The van der Waals surface area contributed by atoms with Crippen LogP contribution in [0.4, 0.5) is 21.5 Å². The summed E-state index contributed by atoms with van der Waals surface area (Å²) in [4.78, 5) is 17.6. The molecular formula is C37H35FN4O3S. The molecule has 7 rings (SSSR count). The Bertz CT molecular complexity index is 2020. The summed E-state index contributed by atoms with van der Waals surface area (Å²) in [5.74, 6) is -0.594. The number of para-hydroxylation sites is 1. The molecule has 0 spiro atoms. The molecule has 2 N–H and O–H groups in total. The van der Waals surface area contributed by atoms with Gasteiger partial charge < -0.3 is 15.1 Å². The second kappa shape index (κ2) is 12.6. The highest BCUT2D eigenvalue weighted by Gasteiger charge is 2.30. The Labute approximate surface area is 268 Å². The number of aryl methyl sites for hydroxylation is 1. The number of nitrogens with zero attached hydrogens (tertiary/aromatic N) is 2. The zero-order chi connectivity index (χ0) is 31.7. The van der Waals surface area contributed by atoms with E-state index in [1.54, 1.807) is 36.4 Å². The van der Waals surface area contributed by atoms with Crippen LogP contribution in [0.15, 0.2) is 114 Å². The molecule has 1 fully saturated rings. The molecule has 2 aliphatic rings. The van der Waals surface area contributed by atoms with E-state index in [0.717, 1.165) is 34.7 Å². The zero-order valence-electron chi connectivity index (χ0n) is 25.3. The molecule has 0 radical (unpaired) electrons. The van der Waals surface area contributed by atoms with Gasteiger partial charge >= 0.3 is 0 Å². The summed E-state index contributed by atoms with van der Waals surface area (Å²) in [6.07, 6.45) is 2.50. The number of amides is 1. The molecule has 0 unspecified atom stereocenters. The number of anilines is 3. The summed E-state index contributed by atoms with van der Waals surface area (Å²) in [5, 5.41) is 4.71. The van der Waals surface area contributed by atoms with Crippen LogP contribution in [0.3, 0.4) is 0 Å². The highest BCUT2D eigenvalue weighted by molar-refractivity contribution is 7.89. The van der Waals surface area contributed by atoms with Gasteiger partial charge in [0.1, 0.15) is 10.7 Å². The van der Waals surface area contributed by atoms with Crippen LogP contribution < -0.4 is 19.8 Å². The van der Waals surface area contributed by atoms with Crippen LogP contribution in [0.2, 0.25) is 0 Å². The van der Waals surface area contributed by atoms with Gasteiger partial charge in [-0.3, -0.25) is 4.79 Å². The minimum atomic E-state index is -4.03. The number of rotatable bonds is 7. The third-order valence-electron chi connectivity index (χ3n) is 9.02. The van der Waals surface area contributed by atoms with Crippen LogP contribution >= 0.6 is 0 Å². The van der Waals surface area contributed by atoms with Gasteiger partial charge in [0.15, 0.2) is 0 Å². The maximum absolute atomic E-state index is 14.5. The van der Waals surface area contributed by atoms with Crippen molar-refractivity contribution in [3.05, 3.63) is 132 Å². The topological polar surface area (TPSA) is 81.8 Å². The van der Waals surface area contributed by atoms with E-state index in [0.29, 0.717) is 55.2 Å². The van der Waals surface area contributed by atoms with Crippen molar-refractivity contribution in [3.63, 3.8) is 0 Å². The first kappa shape index (κ1) is 30.0. The Morgan fingerprint density at radius 3 is 2.28 bits per heavy atom. The second-order valence-electron chi connectivity index (χ2n) is 11.9. The molecule has 46 heavy (non-hydrogen) atoms. The van der Waals surface area contributed by atoms with Gasteiger partial charge in [0.05, 0.1) is 11.4 Å². The largest absolute Gasteiger partial charge is 0.367 e. The minimum absolute atomic E-state index is 0.102. The maximum atomic E-state index is 14.5. The third-order valence-corrected chi connectivity index (χ3v) is 10.5. The van der Waals surface area contributed by atoms with E-state index in [1.807, 2.05) is 70.5 Å². The van der Waals surface area contributed by atoms with Crippen molar-refractivity contribution >= 4 is 43.8 Å². The zero-order valence-corrected chi connectivity index (χ0v) is 26.1. The van der Waals surface area contributed by atoms with Gasteiger partial charge in [0.25, 0.3) is 5.91 Å². The number of fused-ring (bicyclic) bond motifs is 2. The van der Waals surface area contributed by atoms with Crippen molar-refractivity contribution in [2.24, 2.45) is 0 Å². The minimum Gasteiger partial charge on any atom is -0.367 e. The highest BCUT2D eigenvalue weighted by atomic mass is 32.2. The summed E-state index contributed by atoms with van der Waals surface area (Å²) < 4.78 is 46.1. The smallest absolute Gasteiger partial charge is 0.256 e. The molecule has 1 amide bonds. The quantitative estimate of drug-likeness (QED) is 0.203. The number of sulfonamides is 1. The number of halogens is 1. The van der Waals surface area contributed by atoms with E-state index in [1.165, 1.54) is 6.07 Å². The summed E-state index contributed by atoms with van der Waals surface area (Å²) in [7, 11) is -4.03. The van der Waals surface area contributed by atoms with Crippen molar-refractivity contribution < 1.29 is 17.6 Å². The predicted molar refractivity (Wildman–Crippen MR) is 182 cm³/mol. The molecule has 1 heterocycles. The highest BCUT2D eigenvalue weighted by Crippen LogP contribution is 2.35. The average molecular weight is 635 g/mol. The van der Waals surface area contributed by atoms with Crippen molar-refractivity contribution in [1.29, 1.82) is 0 Å². The van der Waals surface area contributed by atoms with Crippen LogP contribution in [0, 0.1) is 5.82 Å². The van der Waals surface area contributed by atoms with Crippen molar-refractivity contribution in [2.75, 3.05) is 41.3 Å². The lowest BCUT2D eigenvalue weighted by molar-refractivity contribution is 0.102. The molecule has 1 atom stereocenters. The van der Waals surface area contributed by atoms with Gasteiger partial charge in [-0.1, -0.05) is 72.8 Å². The van der Waals surface area contributed by atoms with E-state index >= 15 is 0 Å². The first-order valence-electron chi connectivity index (χ1n) is 15.7. The fourth-order valence-electron chi connectivity index (χ4n) is 6.71. The van der Waals surface area contributed by atoms with Crippen molar-refractivity contribution in [3.8, 4) is 0 Å². The van der Waals surface area contributed by atoms with Crippen molar-refractivity contribution in [1.82, 2.24) is 4.72 Å². The van der Waals surface area contributed by atoms with Crippen LogP contribution in [0.25, 0.3) is 10.8 Å².